The number of hydrogen-bond acceptors (Lipinski definition) is 4. The van der Waals surface area contributed by atoms with Crippen LogP contribution in [0.5, 0.6) is 0 Å². The van der Waals surface area contributed by atoms with E-state index in [1.807, 2.05) is 0 Å². The Morgan fingerprint density at radius 3 is 2.78 bits per heavy atom. The summed E-state index contributed by atoms with van der Waals surface area (Å²) in [6.45, 7) is 0.529. The summed E-state index contributed by atoms with van der Waals surface area (Å²) in [4.78, 5) is 22.1. The highest BCUT2D eigenvalue weighted by molar-refractivity contribution is 5.82. The van der Waals surface area contributed by atoms with Crippen LogP contribution in [0.25, 0.3) is 0 Å². The highest BCUT2D eigenvalue weighted by atomic mass is 16.4. The Bertz CT molecular complexity index is 379. The topological polar surface area (TPSA) is 116 Å². The molecule has 0 fully saturated rings. The molecule has 0 saturated carbocycles. The van der Waals surface area contributed by atoms with Gasteiger partial charge in [0.15, 0.2) is 0 Å². The lowest BCUT2D eigenvalue weighted by molar-refractivity contribution is -0.139. The van der Waals surface area contributed by atoms with Gasteiger partial charge in [0.1, 0.15) is 6.04 Å². The normalized spacial score (nSPS) is 11.8. The number of urea groups is 1. The second kappa shape index (κ2) is 7.28. The molecule has 0 aromatic carbocycles. The number of nitrogens with one attached hydrogen (secondary N) is 2. The van der Waals surface area contributed by atoms with Crippen molar-refractivity contribution in [2.24, 2.45) is 0 Å². The summed E-state index contributed by atoms with van der Waals surface area (Å²) in [7, 11) is 0. The number of nitrogens with zero attached hydrogens (tertiary/aromatic N) is 2. The zero-order chi connectivity index (χ0) is 13.4. The van der Waals surface area contributed by atoms with Gasteiger partial charge >= 0.3 is 12.0 Å². The molecule has 0 aliphatic rings. The summed E-state index contributed by atoms with van der Waals surface area (Å²) in [5.74, 6) is -1.17. The number of carbonyl (C=O) groups excluding carboxylic acids is 1. The number of hydrogen-bond donors (Lipinski definition) is 4. The number of aliphatic hydroxyl groups is 1. The molecule has 0 spiro atoms. The molecule has 0 saturated heterocycles. The molecule has 1 heterocycles. The second-order valence-corrected chi connectivity index (χ2v) is 3.57. The van der Waals surface area contributed by atoms with Gasteiger partial charge in [-0.3, -0.25) is 4.68 Å². The van der Waals surface area contributed by atoms with Gasteiger partial charge in [-0.15, -0.1) is 0 Å². The number of carboxylic acid groups (broad SMARTS) is 1. The average Bonchev–Trinajstić information content (AvgIpc) is 2.81. The Kier molecular flexibility index (Phi) is 5.65. The maximum Gasteiger partial charge on any atom is 0.326 e. The standard InChI is InChI=1S/C10H16N4O4/c15-7-2-8(9(16)17)13-10(18)11-4-6-14-5-1-3-12-14/h1,3,5,8,15H,2,4,6-7H2,(H,16,17)(H2,11,13,18)/t8-/m1/s1. The van der Waals surface area contributed by atoms with Crippen LogP contribution in [0, 0.1) is 0 Å². The lowest BCUT2D eigenvalue weighted by atomic mass is 10.2. The van der Waals surface area contributed by atoms with Crippen LogP contribution in [0.3, 0.4) is 0 Å². The first kappa shape index (κ1) is 14.0. The maximum atomic E-state index is 11.4. The molecule has 100 valence electrons. The van der Waals surface area contributed by atoms with E-state index in [-0.39, 0.29) is 13.0 Å². The van der Waals surface area contributed by atoms with Crippen molar-refractivity contribution in [1.82, 2.24) is 20.4 Å². The van der Waals surface area contributed by atoms with Crippen molar-refractivity contribution in [2.75, 3.05) is 13.2 Å². The molecule has 8 nitrogen and oxygen atoms in total. The zero-order valence-electron chi connectivity index (χ0n) is 9.74. The molecular formula is C10H16N4O4. The first-order valence-corrected chi connectivity index (χ1v) is 5.49. The third-order valence-corrected chi connectivity index (χ3v) is 2.21. The van der Waals surface area contributed by atoms with Gasteiger partial charge < -0.3 is 20.8 Å². The van der Waals surface area contributed by atoms with E-state index in [2.05, 4.69) is 15.7 Å². The molecule has 0 aliphatic heterocycles. The smallest absolute Gasteiger partial charge is 0.326 e. The van der Waals surface area contributed by atoms with Gasteiger partial charge in [-0.25, -0.2) is 9.59 Å². The average molecular weight is 256 g/mol. The van der Waals surface area contributed by atoms with Crippen LogP contribution in [-0.2, 0) is 11.3 Å². The van der Waals surface area contributed by atoms with Gasteiger partial charge in [0.25, 0.3) is 0 Å². The minimum Gasteiger partial charge on any atom is -0.480 e. The van der Waals surface area contributed by atoms with Crippen molar-refractivity contribution in [2.45, 2.75) is 19.0 Å². The second-order valence-electron chi connectivity index (χ2n) is 3.57. The lowest BCUT2D eigenvalue weighted by Gasteiger charge is -2.13. The minimum absolute atomic E-state index is 0.0259. The van der Waals surface area contributed by atoms with Crippen LogP contribution in [0.15, 0.2) is 18.5 Å². The Labute approximate surface area is 104 Å². The molecule has 18 heavy (non-hydrogen) atoms. The van der Waals surface area contributed by atoms with E-state index in [0.717, 1.165) is 0 Å². The summed E-state index contributed by atoms with van der Waals surface area (Å²) in [6.07, 6.45) is 3.36. The highest BCUT2D eigenvalue weighted by Crippen LogP contribution is 1.91. The van der Waals surface area contributed by atoms with Crippen molar-refractivity contribution in [3.8, 4) is 0 Å². The fourth-order valence-electron chi connectivity index (χ4n) is 1.31. The highest BCUT2D eigenvalue weighted by Gasteiger charge is 2.18. The van der Waals surface area contributed by atoms with Crippen LogP contribution in [0.4, 0.5) is 4.79 Å². The van der Waals surface area contributed by atoms with Crippen molar-refractivity contribution >= 4 is 12.0 Å². The van der Waals surface area contributed by atoms with E-state index < -0.39 is 18.0 Å². The predicted octanol–water partition coefficient (Wildman–Crippen LogP) is -0.982. The molecule has 8 heteroatoms. The van der Waals surface area contributed by atoms with Crippen LogP contribution >= 0.6 is 0 Å². The van der Waals surface area contributed by atoms with Crippen LogP contribution < -0.4 is 10.6 Å². The van der Waals surface area contributed by atoms with E-state index in [4.69, 9.17) is 10.2 Å². The van der Waals surface area contributed by atoms with Gasteiger partial charge in [-0.1, -0.05) is 0 Å². The Morgan fingerprint density at radius 2 is 2.22 bits per heavy atom. The SMILES string of the molecule is O=C(NCCn1cccn1)N[C@H](CCO)C(=O)O. The third-order valence-electron chi connectivity index (χ3n) is 2.21. The molecule has 4 N–H and O–H groups in total. The van der Waals surface area contributed by atoms with Crippen molar-refractivity contribution in [1.29, 1.82) is 0 Å². The van der Waals surface area contributed by atoms with E-state index in [0.29, 0.717) is 13.1 Å². The minimum atomic E-state index is -1.17. The van der Waals surface area contributed by atoms with Crippen LogP contribution in [0.2, 0.25) is 0 Å². The number of amides is 2. The number of carbonyl (C=O) groups is 2. The summed E-state index contributed by atoms with van der Waals surface area (Å²) in [5.41, 5.74) is 0. The number of aliphatic hydroxyl groups excluding tert-OH is 1. The summed E-state index contributed by atoms with van der Waals surface area (Å²) in [5, 5.41) is 26.1. The first-order chi connectivity index (χ1) is 8.63. The van der Waals surface area contributed by atoms with Gasteiger partial charge in [0.2, 0.25) is 0 Å². The van der Waals surface area contributed by atoms with Crippen LogP contribution in [-0.4, -0.2) is 51.2 Å². The van der Waals surface area contributed by atoms with E-state index >= 15 is 0 Å². The summed E-state index contributed by atoms with van der Waals surface area (Å²) >= 11 is 0. The molecule has 0 unspecified atom stereocenters. The number of carboxylic acids is 1. The van der Waals surface area contributed by atoms with E-state index in [1.54, 1.807) is 23.1 Å². The molecule has 1 aromatic heterocycles. The van der Waals surface area contributed by atoms with Gasteiger partial charge in [0, 0.05) is 32.0 Å². The molecule has 0 aliphatic carbocycles. The van der Waals surface area contributed by atoms with Crippen molar-refractivity contribution < 1.29 is 19.8 Å². The summed E-state index contributed by atoms with van der Waals surface area (Å²) in [6, 6.07) is 0.101. The van der Waals surface area contributed by atoms with Crippen molar-refractivity contribution in [3.63, 3.8) is 0 Å². The molecule has 1 rings (SSSR count). The Hall–Kier alpha value is -2.09. The lowest BCUT2D eigenvalue weighted by Crippen LogP contribution is -2.47. The quantitative estimate of drug-likeness (QED) is 0.500. The van der Waals surface area contributed by atoms with E-state index in [1.165, 1.54) is 0 Å². The molecule has 2 amide bonds. The third kappa shape index (κ3) is 4.83. The van der Waals surface area contributed by atoms with Gasteiger partial charge in [0.05, 0.1) is 6.54 Å². The molecule has 0 radical (unpaired) electrons. The van der Waals surface area contributed by atoms with Gasteiger partial charge in [-0.05, 0) is 6.07 Å². The molecule has 1 aromatic rings. The predicted molar refractivity (Wildman–Crippen MR) is 61.9 cm³/mol. The number of aromatic nitrogens is 2. The Morgan fingerprint density at radius 1 is 1.44 bits per heavy atom. The summed E-state index contributed by atoms with van der Waals surface area (Å²) < 4.78 is 1.64. The molecule has 1 atom stereocenters. The Balaban J connectivity index is 2.25. The number of aliphatic carboxylic acids is 1. The maximum absolute atomic E-state index is 11.4. The van der Waals surface area contributed by atoms with Gasteiger partial charge in [-0.2, -0.15) is 5.10 Å². The van der Waals surface area contributed by atoms with Crippen LogP contribution in [0.1, 0.15) is 6.42 Å². The fraction of sp³-hybridized carbons (Fsp3) is 0.500. The van der Waals surface area contributed by atoms with E-state index in [9.17, 15) is 9.59 Å². The monoisotopic (exact) mass is 256 g/mol. The largest absolute Gasteiger partial charge is 0.480 e. The first-order valence-electron chi connectivity index (χ1n) is 5.49. The van der Waals surface area contributed by atoms with Crippen molar-refractivity contribution in [3.05, 3.63) is 18.5 Å². The zero-order valence-corrected chi connectivity index (χ0v) is 9.74. The fourth-order valence-corrected chi connectivity index (χ4v) is 1.31. The molecular weight excluding hydrogens is 240 g/mol. The number of rotatable bonds is 7. The molecule has 0 bridgehead atoms.